The quantitative estimate of drug-likeness (QED) is 0.102. The van der Waals surface area contributed by atoms with E-state index in [0.29, 0.717) is 12.1 Å². The molecule has 0 spiro atoms. The number of aryl methyl sites for hydroxylation is 2. The Balaban J connectivity index is 1.47. The maximum atomic E-state index is 13.7. The Morgan fingerprint density at radius 1 is 0.756 bits per heavy atom. The minimum Gasteiger partial charge on any atom is -0.494 e. The number of unbranched alkanes of at least 4 members (excludes halogenated alkanes) is 11. The predicted octanol–water partition coefficient (Wildman–Crippen LogP) is 9.62. The molecule has 1 amide bonds. The molecule has 0 bridgehead atoms. The summed E-state index contributed by atoms with van der Waals surface area (Å²) in [6, 6.07) is 20.1. The second kappa shape index (κ2) is 19.1. The zero-order chi connectivity index (χ0) is 29.1. The lowest BCUT2D eigenvalue weighted by Gasteiger charge is -2.24. The number of carbonyl (C=O) groups is 1. The van der Waals surface area contributed by atoms with Gasteiger partial charge in [0.2, 0.25) is 0 Å². The van der Waals surface area contributed by atoms with E-state index >= 15 is 0 Å². The molecule has 4 nitrogen and oxygen atoms in total. The molecule has 1 aromatic heterocycles. The third kappa shape index (κ3) is 11.7. The van der Waals surface area contributed by atoms with Crippen molar-refractivity contribution in [1.29, 1.82) is 0 Å². The van der Waals surface area contributed by atoms with Gasteiger partial charge in [-0.2, -0.15) is 0 Å². The van der Waals surface area contributed by atoms with Gasteiger partial charge in [0.1, 0.15) is 17.9 Å². The number of benzene rings is 2. The fourth-order valence-electron chi connectivity index (χ4n) is 5.33. The van der Waals surface area contributed by atoms with Gasteiger partial charge in [-0.1, -0.05) is 109 Å². The van der Waals surface area contributed by atoms with Crippen LogP contribution in [-0.2, 0) is 13.1 Å². The number of rotatable bonds is 20. The average molecular weight is 558 g/mol. The van der Waals surface area contributed by atoms with Gasteiger partial charge in [0, 0.05) is 18.2 Å². The molecule has 1 heterocycles. The summed E-state index contributed by atoms with van der Waals surface area (Å²) < 4.78 is 8.18. The van der Waals surface area contributed by atoms with Gasteiger partial charge in [0.25, 0.3) is 5.91 Å². The van der Waals surface area contributed by atoms with E-state index in [2.05, 4.69) is 37.5 Å². The van der Waals surface area contributed by atoms with E-state index < -0.39 is 0 Å². The zero-order valence-electron chi connectivity index (χ0n) is 26.0. The first-order valence-electron chi connectivity index (χ1n) is 16.2. The molecule has 0 aliphatic rings. The van der Waals surface area contributed by atoms with Crippen LogP contribution >= 0.6 is 0 Å². The average Bonchev–Trinajstić information content (AvgIpc) is 2.99. The molecule has 0 atom stereocenters. The number of ether oxygens (including phenoxy) is 1. The van der Waals surface area contributed by atoms with E-state index in [-0.39, 0.29) is 5.91 Å². The maximum Gasteiger partial charge on any atom is 0.264 e. The summed E-state index contributed by atoms with van der Waals surface area (Å²) in [5, 5.41) is 0. The second-order valence-corrected chi connectivity index (χ2v) is 11.4. The molecule has 0 radical (unpaired) electrons. The Morgan fingerprint density at radius 2 is 1.41 bits per heavy atom. The number of hydrogen-bond acceptors (Lipinski definition) is 2. The predicted molar refractivity (Wildman–Crippen MR) is 172 cm³/mol. The van der Waals surface area contributed by atoms with Crippen LogP contribution in [0, 0.1) is 6.92 Å². The molecule has 3 rings (SSSR count). The Bertz CT molecular complexity index is 1140. The van der Waals surface area contributed by atoms with Crippen molar-refractivity contribution in [3.05, 3.63) is 89.7 Å². The van der Waals surface area contributed by atoms with Gasteiger partial charge >= 0.3 is 0 Å². The summed E-state index contributed by atoms with van der Waals surface area (Å²) >= 11 is 0. The Labute approximate surface area is 249 Å². The highest BCUT2D eigenvalue weighted by Gasteiger charge is 2.21. The molecule has 0 aliphatic heterocycles. The summed E-state index contributed by atoms with van der Waals surface area (Å²) in [6.45, 7) is 8.70. The number of anilines is 1. The number of para-hydroxylation sites is 1. The normalized spacial score (nSPS) is 11.0. The lowest BCUT2D eigenvalue weighted by Crippen LogP contribution is -2.36. The van der Waals surface area contributed by atoms with Gasteiger partial charge in [0.05, 0.1) is 13.2 Å². The van der Waals surface area contributed by atoms with E-state index in [0.717, 1.165) is 48.6 Å². The van der Waals surface area contributed by atoms with Crippen LogP contribution in [0.1, 0.15) is 119 Å². The van der Waals surface area contributed by atoms with Crippen LogP contribution in [0.15, 0.2) is 73.1 Å². The van der Waals surface area contributed by atoms with E-state index in [4.69, 9.17) is 4.74 Å². The van der Waals surface area contributed by atoms with Crippen molar-refractivity contribution in [3.63, 3.8) is 0 Å². The summed E-state index contributed by atoms with van der Waals surface area (Å²) in [4.78, 5) is 15.6. The standard InChI is InChI=1S/C37H53N2O2/c1-4-6-7-8-9-10-11-12-13-14-15-19-28-41-36-25-24-33(32(3)29-36)31-39(35-22-17-16-18-23-35)37(40)34-21-20-27-38(30-34)26-5-2/h16-18,20-25,27,29-30H,4-15,19,26,28,31H2,1-3H3/q+1. The smallest absolute Gasteiger partial charge is 0.264 e. The molecule has 0 saturated carbocycles. The molecule has 0 unspecified atom stereocenters. The van der Waals surface area contributed by atoms with Crippen LogP contribution in [0.4, 0.5) is 5.69 Å². The monoisotopic (exact) mass is 557 g/mol. The number of amides is 1. The van der Waals surface area contributed by atoms with E-state index in [1.54, 1.807) is 0 Å². The molecule has 4 heteroatoms. The van der Waals surface area contributed by atoms with Crippen molar-refractivity contribution >= 4 is 11.6 Å². The molecule has 41 heavy (non-hydrogen) atoms. The Hall–Kier alpha value is -3.14. The third-order valence-electron chi connectivity index (χ3n) is 7.81. The maximum absolute atomic E-state index is 13.7. The molecule has 3 aromatic rings. The first-order chi connectivity index (χ1) is 20.1. The number of aromatic nitrogens is 1. The Kier molecular flexibility index (Phi) is 15.1. The highest BCUT2D eigenvalue weighted by atomic mass is 16.5. The molecule has 222 valence electrons. The van der Waals surface area contributed by atoms with E-state index in [1.807, 2.05) is 65.8 Å². The zero-order valence-corrected chi connectivity index (χ0v) is 26.0. The largest absolute Gasteiger partial charge is 0.494 e. The molecule has 0 fully saturated rings. The second-order valence-electron chi connectivity index (χ2n) is 11.4. The van der Waals surface area contributed by atoms with Crippen molar-refractivity contribution in [2.75, 3.05) is 11.5 Å². The topological polar surface area (TPSA) is 33.4 Å². The Morgan fingerprint density at radius 3 is 2.05 bits per heavy atom. The summed E-state index contributed by atoms with van der Waals surface area (Å²) in [7, 11) is 0. The number of carbonyl (C=O) groups excluding carboxylic acids is 1. The van der Waals surface area contributed by atoms with Crippen molar-refractivity contribution in [3.8, 4) is 5.75 Å². The lowest BCUT2D eigenvalue weighted by atomic mass is 10.1. The molecular weight excluding hydrogens is 504 g/mol. The summed E-state index contributed by atoms with van der Waals surface area (Å²) in [6.07, 6.45) is 21.2. The molecular formula is C37H53N2O2+. The lowest BCUT2D eigenvalue weighted by molar-refractivity contribution is -0.697. The highest BCUT2D eigenvalue weighted by molar-refractivity contribution is 6.05. The van der Waals surface area contributed by atoms with Gasteiger partial charge in [0.15, 0.2) is 12.4 Å². The highest BCUT2D eigenvalue weighted by Crippen LogP contribution is 2.24. The van der Waals surface area contributed by atoms with Crippen LogP contribution in [0.5, 0.6) is 5.75 Å². The molecule has 0 saturated heterocycles. The van der Waals surface area contributed by atoms with Crippen molar-refractivity contribution in [2.45, 2.75) is 117 Å². The minimum absolute atomic E-state index is 0.00773. The number of nitrogens with zero attached hydrogens (tertiary/aromatic N) is 2. The van der Waals surface area contributed by atoms with Crippen LogP contribution < -0.4 is 14.2 Å². The summed E-state index contributed by atoms with van der Waals surface area (Å²) in [5.41, 5.74) is 3.86. The van der Waals surface area contributed by atoms with Gasteiger partial charge in [-0.15, -0.1) is 0 Å². The van der Waals surface area contributed by atoms with Crippen molar-refractivity contribution in [1.82, 2.24) is 0 Å². The first kappa shape index (κ1) is 32.4. The van der Waals surface area contributed by atoms with Gasteiger partial charge in [-0.25, -0.2) is 4.57 Å². The fraction of sp³-hybridized carbons (Fsp3) is 0.514. The minimum atomic E-state index is 0.00773. The van der Waals surface area contributed by atoms with Crippen LogP contribution in [-0.4, -0.2) is 12.5 Å². The molecule has 0 N–H and O–H groups in total. The first-order valence-corrected chi connectivity index (χ1v) is 16.2. The number of pyridine rings is 1. The molecule has 0 aliphatic carbocycles. The third-order valence-corrected chi connectivity index (χ3v) is 7.81. The number of hydrogen-bond donors (Lipinski definition) is 0. The van der Waals surface area contributed by atoms with Crippen LogP contribution in [0.25, 0.3) is 0 Å². The van der Waals surface area contributed by atoms with Crippen LogP contribution in [0.3, 0.4) is 0 Å². The SMILES string of the molecule is CCCCCCCCCCCCCCOc1ccc(CN(C(=O)c2ccc[n+](CCC)c2)c2ccccc2)c(C)c1. The molecule has 2 aromatic carbocycles. The van der Waals surface area contributed by atoms with Crippen LogP contribution in [0.2, 0.25) is 0 Å². The fourth-order valence-corrected chi connectivity index (χ4v) is 5.33. The van der Waals surface area contributed by atoms with Gasteiger partial charge in [-0.05, 0) is 54.8 Å². The summed E-state index contributed by atoms with van der Waals surface area (Å²) in [5.74, 6) is 0.920. The van der Waals surface area contributed by atoms with Gasteiger partial charge in [-0.3, -0.25) is 4.79 Å². The van der Waals surface area contributed by atoms with E-state index in [1.165, 1.54) is 70.6 Å². The van der Waals surface area contributed by atoms with Crippen molar-refractivity contribution < 1.29 is 14.1 Å². The van der Waals surface area contributed by atoms with Gasteiger partial charge < -0.3 is 9.64 Å². The van der Waals surface area contributed by atoms with E-state index in [9.17, 15) is 4.79 Å². The van der Waals surface area contributed by atoms with Crippen molar-refractivity contribution in [2.24, 2.45) is 0 Å².